The number of nitrogens with zero attached hydrogens (tertiary/aromatic N) is 1. The van der Waals surface area contributed by atoms with Crippen molar-refractivity contribution in [3.05, 3.63) is 29.8 Å². The Morgan fingerprint density at radius 1 is 1.40 bits per heavy atom. The molecular weight excluding hydrogens is 250 g/mol. The van der Waals surface area contributed by atoms with E-state index in [1.807, 2.05) is 24.3 Å². The lowest BCUT2D eigenvalue weighted by Gasteiger charge is -2.26. The van der Waals surface area contributed by atoms with Crippen molar-refractivity contribution in [2.75, 3.05) is 18.4 Å². The van der Waals surface area contributed by atoms with E-state index in [0.717, 1.165) is 17.8 Å². The summed E-state index contributed by atoms with van der Waals surface area (Å²) in [6, 6.07) is 8.23. The fourth-order valence-electron chi connectivity index (χ4n) is 2.73. The van der Waals surface area contributed by atoms with Crippen molar-refractivity contribution in [1.29, 1.82) is 0 Å². The van der Waals surface area contributed by atoms with Crippen molar-refractivity contribution in [2.24, 2.45) is 5.73 Å². The van der Waals surface area contributed by atoms with E-state index >= 15 is 0 Å². The number of amides is 1. The lowest BCUT2D eigenvalue weighted by molar-refractivity contribution is -0.117. The quantitative estimate of drug-likeness (QED) is 0.887. The van der Waals surface area contributed by atoms with Crippen LogP contribution in [0.1, 0.15) is 38.2 Å². The van der Waals surface area contributed by atoms with Crippen molar-refractivity contribution < 1.29 is 4.79 Å². The zero-order valence-electron chi connectivity index (χ0n) is 12.3. The van der Waals surface area contributed by atoms with Gasteiger partial charge in [0.2, 0.25) is 5.91 Å². The molecule has 1 aliphatic rings. The molecule has 4 heteroatoms. The molecule has 3 N–H and O–H groups in total. The second-order valence-electron chi connectivity index (χ2n) is 5.62. The molecule has 1 saturated heterocycles. The smallest absolute Gasteiger partial charge is 0.238 e. The number of hydrogen-bond acceptors (Lipinski definition) is 3. The second-order valence-corrected chi connectivity index (χ2v) is 5.62. The number of nitrogens with two attached hydrogens (primary N) is 1. The summed E-state index contributed by atoms with van der Waals surface area (Å²) in [5.74, 6) is 0.0629. The van der Waals surface area contributed by atoms with Gasteiger partial charge in [-0.1, -0.05) is 25.0 Å². The number of carbonyl (C=O) groups is 1. The molecule has 4 nitrogen and oxygen atoms in total. The summed E-state index contributed by atoms with van der Waals surface area (Å²) in [6.45, 7) is 4.21. The third kappa shape index (κ3) is 4.32. The third-order valence-corrected chi connectivity index (χ3v) is 3.98. The van der Waals surface area contributed by atoms with Gasteiger partial charge in [-0.2, -0.15) is 0 Å². The van der Waals surface area contributed by atoms with Crippen LogP contribution in [0, 0.1) is 0 Å². The summed E-state index contributed by atoms with van der Waals surface area (Å²) in [6.07, 6.45) is 4.94. The first kappa shape index (κ1) is 15.0. The average Bonchev–Trinajstić information content (AvgIpc) is 2.64. The highest BCUT2D eigenvalue weighted by Crippen LogP contribution is 2.16. The highest BCUT2D eigenvalue weighted by molar-refractivity contribution is 5.92. The molecule has 1 aliphatic heterocycles. The SMILES string of the molecule is CC1CCCCCN1CC(=O)Nc1cccc(CN)c1. The monoisotopic (exact) mass is 275 g/mol. The van der Waals surface area contributed by atoms with Crippen LogP contribution in [-0.2, 0) is 11.3 Å². The Morgan fingerprint density at radius 3 is 3.05 bits per heavy atom. The van der Waals surface area contributed by atoms with Gasteiger partial charge in [0.05, 0.1) is 6.54 Å². The maximum Gasteiger partial charge on any atom is 0.238 e. The number of hydrogen-bond donors (Lipinski definition) is 2. The van der Waals surface area contributed by atoms with Crippen molar-refractivity contribution in [2.45, 2.75) is 45.2 Å². The molecule has 1 aromatic rings. The Balaban J connectivity index is 1.90. The minimum atomic E-state index is 0.0629. The molecule has 1 aromatic carbocycles. The Kier molecular flexibility index (Phi) is 5.56. The van der Waals surface area contributed by atoms with Crippen molar-refractivity contribution in [3.8, 4) is 0 Å². The van der Waals surface area contributed by atoms with E-state index in [9.17, 15) is 4.79 Å². The van der Waals surface area contributed by atoms with Gasteiger partial charge < -0.3 is 11.1 Å². The Morgan fingerprint density at radius 2 is 2.25 bits per heavy atom. The largest absolute Gasteiger partial charge is 0.326 e. The normalized spacial score (nSPS) is 20.4. The van der Waals surface area contributed by atoms with Crippen LogP contribution in [-0.4, -0.2) is 29.9 Å². The van der Waals surface area contributed by atoms with Gasteiger partial charge in [0, 0.05) is 18.3 Å². The molecule has 0 aromatic heterocycles. The highest BCUT2D eigenvalue weighted by Gasteiger charge is 2.19. The number of nitrogens with one attached hydrogen (secondary N) is 1. The number of carbonyl (C=O) groups excluding carboxylic acids is 1. The first-order valence-electron chi connectivity index (χ1n) is 7.52. The highest BCUT2D eigenvalue weighted by atomic mass is 16.2. The van der Waals surface area contributed by atoms with Crippen LogP contribution in [0.5, 0.6) is 0 Å². The summed E-state index contributed by atoms with van der Waals surface area (Å²) in [7, 11) is 0. The minimum absolute atomic E-state index is 0.0629. The predicted octanol–water partition coefficient (Wildman–Crippen LogP) is 2.35. The third-order valence-electron chi connectivity index (χ3n) is 3.98. The van der Waals surface area contributed by atoms with E-state index in [1.54, 1.807) is 0 Å². The molecule has 20 heavy (non-hydrogen) atoms. The van der Waals surface area contributed by atoms with E-state index in [1.165, 1.54) is 25.7 Å². The van der Waals surface area contributed by atoms with Gasteiger partial charge in [0.25, 0.3) is 0 Å². The predicted molar refractivity (Wildman–Crippen MR) is 82.5 cm³/mol. The van der Waals surface area contributed by atoms with Crippen LogP contribution in [0.15, 0.2) is 24.3 Å². The fourth-order valence-corrected chi connectivity index (χ4v) is 2.73. The summed E-state index contributed by atoms with van der Waals surface area (Å²) in [5, 5.41) is 2.97. The van der Waals surface area contributed by atoms with E-state index in [4.69, 9.17) is 5.73 Å². The standard InChI is InChI=1S/C16H25N3O/c1-13-6-3-2-4-9-19(13)12-16(20)18-15-8-5-7-14(10-15)11-17/h5,7-8,10,13H,2-4,6,9,11-12,17H2,1H3,(H,18,20). The van der Waals surface area contributed by atoms with Gasteiger partial charge in [0.1, 0.15) is 0 Å². The van der Waals surface area contributed by atoms with E-state index in [2.05, 4.69) is 17.1 Å². The number of likely N-dealkylation sites (tertiary alicyclic amines) is 1. The topological polar surface area (TPSA) is 58.4 Å². The molecular formula is C16H25N3O. The maximum absolute atomic E-state index is 12.2. The lowest BCUT2D eigenvalue weighted by Crippen LogP contribution is -2.39. The van der Waals surface area contributed by atoms with Gasteiger partial charge in [-0.25, -0.2) is 0 Å². The molecule has 110 valence electrons. The second kappa shape index (κ2) is 7.41. The van der Waals surface area contributed by atoms with Crippen LogP contribution >= 0.6 is 0 Å². The molecule has 1 atom stereocenters. The molecule has 0 saturated carbocycles. The molecule has 0 spiro atoms. The van der Waals surface area contributed by atoms with Gasteiger partial charge in [-0.05, 0) is 44.0 Å². The van der Waals surface area contributed by atoms with E-state index in [0.29, 0.717) is 19.1 Å². The molecule has 0 bridgehead atoms. The van der Waals surface area contributed by atoms with Crippen molar-refractivity contribution in [1.82, 2.24) is 4.90 Å². The molecule has 0 radical (unpaired) electrons. The van der Waals surface area contributed by atoms with Gasteiger partial charge in [-0.15, -0.1) is 0 Å². The molecule has 1 amide bonds. The molecule has 2 rings (SSSR count). The van der Waals surface area contributed by atoms with Gasteiger partial charge in [0.15, 0.2) is 0 Å². The first-order chi connectivity index (χ1) is 9.69. The average molecular weight is 275 g/mol. The lowest BCUT2D eigenvalue weighted by atomic mass is 10.1. The zero-order chi connectivity index (χ0) is 14.4. The molecule has 0 aliphatic carbocycles. The molecule has 1 unspecified atom stereocenters. The van der Waals surface area contributed by atoms with E-state index in [-0.39, 0.29) is 5.91 Å². The molecule has 1 fully saturated rings. The summed E-state index contributed by atoms with van der Waals surface area (Å²) >= 11 is 0. The zero-order valence-corrected chi connectivity index (χ0v) is 12.3. The van der Waals surface area contributed by atoms with Gasteiger partial charge in [-0.3, -0.25) is 9.69 Å². The maximum atomic E-state index is 12.2. The van der Waals surface area contributed by atoms with Crippen LogP contribution in [0.25, 0.3) is 0 Å². The van der Waals surface area contributed by atoms with E-state index < -0.39 is 0 Å². The summed E-state index contributed by atoms with van der Waals surface area (Å²) in [4.78, 5) is 14.4. The first-order valence-corrected chi connectivity index (χ1v) is 7.52. The van der Waals surface area contributed by atoms with Crippen LogP contribution in [0.2, 0.25) is 0 Å². The van der Waals surface area contributed by atoms with Crippen LogP contribution in [0.4, 0.5) is 5.69 Å². The Bertz CT molecular complexity index is 447. The minimum Gasteiger partial charge on any atom is -0.326 e. The van der Waals surface area contributed by atoms with Crippen molar-refractivity contribution in [3.63, 3.8) is 0 Å². The summed E-state index contributed by atoms with van der Waals surface area (Å²) in [5.41, 5.74) is 7.48. The number of rotatable bonds is 4. The van der Waals surface area contributed by atoms with Crippen LogP contribution in [0.3, 0.4) is 0 Å². The molecule has 1 heterocycles. The summed E-state index contributed by atoms with van der Waals surface area (Å²) < 4.78 is 0. The number of benzene rings is 1. The van der Waals surface area contributed by atoms with Gasteiger partial charge >= 0.3 is 0 Å². The Hall–Kier alpha value is -1.39. The fraction of sp³-hybridized carbons (Fsp3) is 0.562. The number of anilines is 1. The van der Waals surface area contributed by atoms with Crippen molar-refractivity contribution >= 4 is 11.6 Å². The van der Waals surface area contributed by atoms with Crippen LogP contribution < -0.4 is 11.1 Å². The Labute approximate surface area is 121 Å².